The van der Waals surface area contributed by atoms with Gasteiger partial charge in [-0.05, 0) is 33.5 Å². The number of nitrogens with one attached hydrogen (secondary N) is 1. The van der Waals surface area contributed by atoms with Crippen molar-refractivity contribution in [2.45, 2.75) is 26.2 Å². The second kappa shape index (κ2) is 8.81. The predicted molar refractivity (Wildman–Crippen MR) is 62.6 cm³/mol. The lowest BCUT2D eigenvalue weighted by atomic mass is 10.3. The number of aliphatic imine (C=N–C) groups is 1. The van der Waals surface area contributed by atoms with E-state index in [2.05, 4.69) is 36.2 Å². The maximum absolute atomic E-state index is 5.66. The molecule has 0 fully saturated rings. The van der Waals surface area contributed by atoms with Crippen molar-refractivity contribution < 1.29 is 0 Å². The topological polar surface area (TPSA) is 53.6 Å². The Morgan fingerprint density at radius 2 is 2.07 bits per heavy atom. The second-order valence-corrected chi connectivity index (χ2v) is 3.70. The number of unbranched alkanes of at least 4 members (excludes halogenated alkanes) is 1. The predicted octanol–water partition coefficient (Wildman–Crippen LogP) is 0.643. The van der Waals surface area contributed by atoms with Crippen LogP contribution >= 0.6 is 0 Å². The molecule has 4 nitrogen and oxygen atoms in total. The van der Waals surface area contributed by atoms with Gasteiger partial charge in [0.2, 0.25) is 0 Å². The van der Waals surface area contributed by atoms with Gasteiger partial charge in [-0.2, -0.15) is 0 Å². The fourth-order valence-corrected chi connectivity index (χ4v) is 1.04. The summed E-state index contributed by atoms with van der Waals surface area (Å²) in [5, 5.41) is 3.09. The van der Waals surface area contributed by atoms with Crippen LogP contribution in [0.25, 0.3) is 0 Å². The quantitative estimate of drug-likeness (QED) is 0.360. The van der Waals surface area contributed by atoms with Gasteiger partial charge in [-0.1, -0.05) is 13.3 Å². The fraction of sp³-hybridized carbons (Fsp3) is 0.900. The van der Waals surface area contributed by atoms with Gasteiger partial charge in [0.25, 0.3) is 0 Å². The van der Waals surface area contributed by atoms with E-state index in [1.54, 1.807) is 0 Å². The van der Waals surface area contributed by atoms with Crippen molar-refractivity contribution in [3.05, 3.63) is 0 Å². The van der Waals surface area contributed by atoms with Crippen molar-refractivity contribution in [2.24, 2.45) is 10.7 Å². The first-order valence-corrected chi connectivity index (χ1v) is 5.35. The molecule has 0 aromatic carbocycles. The van der Waals surface area contributed by atoms with Gasteiger partial charge >= 0.3 is 0 Å². The van der Waals surface area contributed by atoms with E-state index < -0.39 is 0 Å². The van der Waals surface area contributed by atoms with E-state index in [1.165, 1.54) is 6.42 Å². The molecule has 0 rings (SSSR count). The van der Waals surface area contributed by atoms with Crippen LogP contribution in [-0.2, 0) is 0 Å². The van der Waals surface area contributed by atoms with Gasteiger partial charge in [-0.15, -0.1) is 0 Å². The summed E-state index contributed by atoms with van der Waals surface area (Å²) in [4.78, 5) is 6.37. The molecule has 0 aliphatic carbocycles. The van der Waals surface area contributed by atoms with Crippen LogP contribution in [0.4, 0.5) is 0 Å². The third-order valence-corrected chi connectivity index (χ3v) is 1.88. The molecular weight excluding hydrogens is 176 g/mol. The normalized spacial score (nSPS) is 12.1. The van der Waals surface area contributed by atoms with E-state index >= 15 is 0 Å². The lowest BCUT2D eigenvalue weighted by Gasteiger charge is -2.08. The molecule has 0 heterocycles. The Morgan fingerprint density at radius 3 is 2.64 bits per heavy atom. The van der Waals surface area contributed by atoms with E-state index in [0.29, 0.717) is 5.96 Å². The minimum absolute atomic E-state index is 0.581. The zero-order chi connectivity index (χ0) is 10.8. The number of hydrogen-bond donors (Lipinski definition) is 2. The first kappa shape index (κ1) is 13.2. The zero-order valence-corrected chi connectivity index (χ0v) is 9.71. The van der Waals surface area contributed by atoms with Crippen LogP contribution in [0, 0.1) is 0 Å². The highest BCUT2D eigenvalue weighted by molar-refractivity contribution is 5.77. The molecule has 4 heteroatoms. The van der Waals surface area contributed by atoms with Crippen LogP contribution in [0.15, 0.2) is 4.99 Å². The van der Waals surface area contributed by atoms with Crippen molar-refractivity contribution in [1.29, 1.82) is 0 Å². The van der Waals surface area contributed by atoms with Crippen molar-refractivity contribution in [3.63, 3.8) is 0 Å². The zero-order valence-electron chi connectivity index (χ0n) is 9.71. The van der Waals surface area contributed by atoms with Crippen molar-refractivity contribution in [3.8, 4) is 0 Å². The summed E-state index contributed by atoms with van der Waals surface area (Å²) in [5.74, 6) is 0.581. The van der Waals surface area contributed by atoms with Crippen molar-refractivity contribution >= 4 is 5.96 Å². The third-order valence-electron chi connectivity index (χ3n) is 1.88. The van der Waals surface area contributed by atoms with Crippen molar-refractivity contribution in [1.82, 2.24) is 10.2 Å². The number of guanidine groups is 1. The highest BCUT2D eigenvalue weighted by atomic mass is 15.1. The van der Waals surface area contributed by atoms with Crippen LogP contribution in [0.1, 0.15) is 26.2 Å². The van der Waals surface area contributed by atoms with Crippen molar-refractivity contribution in [2.75, 3.05) is 33.7 Å². The number of rotatable bonds is 7. The lowest BCUT2D eigenvalue weighted by molar-refractivity contribution is 0.403. The highest BCUT2D eigenvalue weighted by Crippen LogP contribution is 1.85. The molecule has 0 aromatic rings. The minimum Gasteiger partial charge on any atom is -0.370 e. The van der Waals surface area contributed by atoms with Gasteiger partial charge in [-0.3, -0.25) is 4.99 Å². The van der Waals surface area contributed by atoms with E-state index in [9.17, 15) is 0 Å². The smallest absolute Gasteiger partial charge is 0.188 e. The average molecular weight is 200 g/mol. The van der Waals surface area contributed by atoms with Gasteiger partial charge < -0.3 is 16.0 Å². The molecular formula is C10H24N4. The van der Waals surface area contributed by atoms with Crippen LogP contribution in [0.2, 0.25) is 0 Å². The van der Waals surface area contributed by atoms with Gasteiger partial charge in [-0.25, -0.2) is 0 Å². The lowest BCUT2D eigenvalue weighted by Crippen LogP contribution is -2.32. The molecule has 0 saturated carbocycles. The summed E-state index contributed by atoms with van der Waals surface area (Å²) in [6.07, 6.45) is 3.39. The Morgan fingerprint density at radius 1 is 1.36 bits per heavy atom. The first-order chi connectivity index (χ1) is 6.66. The van der Waals surface area contributed by atoms with Gasteiger partial charge in [0.1, 0.15) is 0 Å². The van der Waals surface area contributed by atoms with E-state index in [-0.39, 0.29) is 0 Å². The summed E-state index contributed by atoms with van der Waals surface area (Å²) >= 11 is 0. The van der Waals surface area contributed by atoms with Crippen LogP contribution in [0.5, 0.6) is 0 Å². The van der Waals surface area contributed by atoms with E-state index in [0.717, 1.165) is 32.5 Å². The summed E-state index contributed by atoms with van der Waals surface area (Å²) < 4.78 is 0. The largest absolute Gasteiger partial charge is 0.370 e. The third kappa shape index (κ3) is 9.32. The van der Waals surface area contributed by atoms with Gasteiger partial charge in [0.15, 0.2) is 5.96 Å². The first-order valence-electron chi connectivity index (χ1n) is 5.35. The molecule has 0 bridgehead atoms. The van der Waals surface area contributed by atoms with Gasteiger partial charge in [0, 0.05) is 13.1 Å². The molecule has 3 N–H and O–H groups in total. The average Bonchev–Trinajstić information content (AvgIpc) is 2.13. The second-order valence-electron chi connectivity index (χ2n) is 3.70. The Labute approximate surface area is 87.6 Å². The Balaban J connectivity index is 3.36. The Hall–Kier alpha value is -0.770. The van der Waals surface area contributed by atoms with Crippen LogP contribution in [-0.4, -0.2) is 44.6 Å². The summed E-state index contributed by atoms with van der Waals surface area (Å²) in [7, 11) is 4.12. The van der Waals surface area contributed by atoms with Gasteiger partial charge in [0.05, 0.1) is 0 Å². The molecule has 84 valence electrons. The number of nitrogens with zero attached hydrogens (tertiary/aromatic N) is 2. The maximum atomic E-state index is 5.66. The molecule has 0 spiro atoms. The fourth-order valence-electron chi connectivity index (χ4n) is 1.04. The highest BCUT2D eigenvalue weighted by Gasteiger charge is 1.91. The molecule has 0 aliphatic heterocycles. The molecule has 0 aromatic heterocycles. The van der Waals surface area contributed by atoms with E-state index in [1.807, 2.05) is 0 Å². The molecule has 0 amide bonds. The standard InChI is InChI=1S/C10H24N4/c1-4-5-7-12-10(11)13-8-6-9-14(2)3/h4-9H2,1-3H3,(H3,11,12,13). The monoisotopic (exact) mass is 200 g/mol. The maximum Gasteiger partial charge on any atom is 0.188 e. The minimum atomic E-state index is 0.581. The van der Waals surface area contributed by atoms with Crippen LogP contribution < -0.4 is 11.1 Å². The van der Waals surface area contributed by atoms with E-state index in [4.69, 9.17) is 5.73 Å². The number of nitrogens with two attached hydrogens (primary N) is 1. The molecule has 0 radical (unpaired) electrons. The number of hydrogen-bond acceptors (Lipinski definition) is 2. The summed E-state index contributed by atoms with van der Waals surface area (Å²) in [6, 6.07) is 0. The molecule has 0 saturated heterocycles. The SMILES string of the molecule is CCCCNC(N)=NCCCN(C)C. The molecule has 0 atom stereocenters. The Bertz CT molecular complexity index is 154. The Kier molecular flexibility index (Phi) is 8.33. The summed E-state index contributed by atoms with van der Waals surface area (Å²) in [5.41, 5.74) is 5.66. The molecule has 0 unspecified atom stereocenters. The van der Waals surface area contributed by atoms with Crippen LogP contribution in [0.3, 0.4) is 0 Å². The molecule has 14 heavy (non-hydrogen) atoms. The molecule has 0 aliphatic rings. The summed E-state index contributed by atoms with van der Waals surface area (Å²) in [6.45, 7) is 4.96.